The molecule has 8 heteroatoms. The van der Waals surface area contributed by atoms with Crippen molar-refractivity contribution in [3.63, 3.8) is 0 Å². The Balaban J connectivity index is 2.35. The Hall–Kier alpha value is -2.84. The summed E-state index contributed by atoms with van der Waals surface area (Å²) in [5.41, 5.74) is 1.06. The second-order valence-electron chi connectivity index (χ2n) is 7.21. The van der Waals surface area contributed by atoms with Crippen molar-refractivity contribution in [3.05, 3.63) is 54.1 Å². The maximum atomic E-state index is 12.9. The molecule has 0 saturated heterocycles. The summed E-state index contributed by atoms with van der Waals surface area (Å²) < 4.78 is 38.5. The van der Waals surface area contributed by atoms with E-state index in [4.69, 9.17) is 9.47 Å². The highest BCUT2D eigenvalue weighted by Crippen LogP contribution is 2.30. The first-order valence-electron chi connectivity index (χ1n) is 10.7. The monoisotopic (exact) mass is 460 g/mol. The fourth-order valence-corrected chi connectivity index (χ4v) is 4.57. The summed E-state index contributed by atoms with van der Waals surface area (Å²) in [5.74, 6) is 0.660. The van der Waals surface area contributed by atoms with E-state index in [-0.39, 0.29) is 11.0 Å². The molecule has 32 heavy (non-hydrogen) atoms. The first-order chi connectivity index (χ1) is 15.2. The van der Waals surface area contributed by atoms with Crippen LogP contribution in [0, 0.1) is 0 Å². The molecule has 0 fully saturated rings. The average Bonchev–Trinajstić information content (AvgIpc) is 2.75. The fourth-order valence-electron chi connectivity index (χ4n) is 3.08. The van der Waals surface area contributed by atoms with Gasteiger partial charge in [0, 0.05) is 24.7 Å². The molecule has 0 bridgehead atoms. The fraction of sp³-hybridized carbons (Fsp3) is 0.375. The predicted octanol–water partition coefficient (Wildman–Crippen LogP) is 4.55. The zero-order valence-corrected chi connectivity index (χ0v) is 20.1. The minimum Gasteiger partial charge on any atom is -0.493 e. The van der Waals surface area contributed by atoms with Crippen LogP contribution in [0.1, 0.15) is 40.2 Å². The second-order valence-corrected chi connectivity index (χ2v) is 9.15. The van der Waals surface area contributed by atoms with Gasteiger partial charge >= 0.3 is 0 Å². The van der Waals surface area contributed by atoms with Crippen molar-refractivity contribution in [2.24, 2.45) is 0 Å². The largest absolute Gasteiger partial charge is 0.493 e. The normalized spacial score (nSPS) is 11.8. The molecule has 0 saturated carbocycles. The Bertz CT molecular complexity index is 1040. The van der Waals surface area contributed by atoms with Crippen LogP contribution in [-0.4, -0.2) is 44.4 Å². The number of amides is 1. The average molecular weight is 461 g/mol. The molecule has 1 amide bonds. The van der Waals surface area contributed by atoms with Crippen molar-refractivity contribution in [3.8, 4) is 11.5 Å². The lowest BCUT2D eigenvalue weighted by Crippen LogP contribution is -2.30. The van der Waals surface area contributed by atoms with Crippen LogP contribution >= 0.6 is 0 Å². The van der Waals surface area contributed by atoms with Crippen LogP contribution in [0.15, 0.2) is 53.4 Å². The third-order valence-electron chi connectivity index (χ3n) is 4.55. The quantitative estimate of drug-likeness (QED) is 0.497. The summed E-state index contributed by atoms with van der Waals surface area (Å²) in [5, 5.41) is 2.75. The first kappa shape index (κ1) is 25.4. The number of para-hydroxylation sites is 1. The first-order valence-corrected chi connectivity index (χ1v) is 12.2. The van der Waals surface area contributed by atoms with Gasteiger partial charge in [-0.3, -0.25) is 4.79 Å². The topological polar surface area (TPSA) is 84.9 Å². The summed E-state index contributed by atoms with van der Waals surface area (Å²) in [6.07, 6.45) is 2.88. The summed E-state index contributed by atoms with van der Waals surface area (Å²) in [6, 6.07) is 11.9. The molecule has 1 N–H and O–H groups in total. The van der Waals surface area contributed by atoms with Gasteiger partial charge in [0.25, 0.3) is 0 Å². The number of nitrogens with zero attached hydrogens (tertiary/aromatic N) is 1. The molecular formula is C24H32N2O5S. The van der Waals surface area contributed by atoms with E-state index in [1.807, 2.05) is 45.0 Å². The molecule has 0 radical (unpaired) electrons. The SMILES string of the molecule is CCOc1ccccc1/C=C/C(=O)Nc1cc(S(=O)(=O)N(CC)CC)ccc1OC(C)C. The van der Waals surface area contributed by atoms with E-state index in [0.29, 0.717) is 36.9 Å². The van der Waals surface area contributed by atoms with E-state index in [1.54, 1.807) is 26.0 Å². The summed E-state index contributed by atoms with van der Waals surface area (Å²) in [4.78, 5) is 12.7. The van der Waals surface area contributed by atoms with Crippen LogP contribution in [0.25, 0.3) is 6.08 Å². The highest BCUT2D eigenvalue weighted by Gasteiger charge is 2.23. The van der Waals surface area contributed by atoms with Gasteiger partial charge in [0.1, 0.15) is 11.5 Å². The lowest BCUT2D eigenvalue weighted by molar-refractivity contribution is -0.111. The molecule has 0 aliphatic carbocycles. The summed E-state index contributed by atoms with van der Waals surface area (Å²) in [6.45, 7) is 10.4. The molecule has 2 aromatic carbocycles. The van der Waals surface area contributed by atoms with Gasteiger partial charge in [-0.1, -0.05) is 32.0 Å². The van der Waals surface area contributed by atoms with E-state index in [9.17, 15) is 13.2 Å². The Morgan fingerprint density at radius 2 is 1.75 bits per heavy atom. The highest BCUT2D eigenvalue weighted by molar-refractivity contribution is 7.89. The maximum absolute atomic E-state index is 12.9. The van der Waals surface area contributed by atoms with Crippen LogP contribution < -0.4 is 14.8 Å². The zero-order valence-electron chi connectivity index (χ0n) is 19.3. The van der Waals surface area contributed by atoms with Gasteiger partial charge in [-0.25, -0.2) is 8.42 Å². The van der Waals surface area contributed by atoms with Crippen molar-refractivity contribution in [1.29, 1.82) is 0 Å². The second kappa shape index (κ2) is 11.7. The number of carbonyl (C=O) groups is 1. The molecule has 0 unspecified atom stereocenters. The molecule has 7 nitrogen and oxygen atoms in total. The summed E-state index contributed by atoms with van der Waals surface area (Å²) in [7, 11) is -3.68. The van der Waals surface area contributed by atoms with Gasteiger partial charge in [0.15, 0.2) is 0 Å². The van der Waals surface area contributed by atoms with Crippen molar-refractivity contribution < 1.29 is 22.7 Å². The lowest BCUT2D eigenvalue weighted by atomic mass is 10.2. The molecule has 2 rings (SSSR count). The number of nitrogens with one attached hydrogen (secondary N) is 1. The van der Waals surface area contributed by atoms with E-state index in [0.717, 1.165) is 5.56 Å². The minimum atomic E-state index is -3.68. The third-order valence-corrected chi connectivity index (χ3v) is 6.59. The van der Waals surface area contributed by atoms with Crippen LogP contribution in [0.2, 0.25) is 0 Å². The summed E-state index contributed by atoms with van der Waals surface area (Å²) >= 11 is 0. The standard InChI is InChI=1S/C24H32N2O5S/c1-6-26(7-2)32(28,29)20-14-15-23(31-18(4)5)21(17-20)25-24(27)16-13-19-11-9-10-12-22(19)30-8-3/h9-18H,6-8H2,1-5H3,(H,25,27)/b16-13+. The predicted molar refractivity (Wildman–Crippen MR) is 128 cm³/mol. The number of benzene rings is 2. The molecule has 174 valence electrons. The third kappa shape index (κ3) is 6.58. The Morgan fingerprint density at radius 3 is 2.38 bits per heavy atom. The molecule has 0 aromatic heterocycles. The molecule has 0 atom stereocenters. The number of sulfonamides is 1. The van der Waals surface area contributed by atoms with Crippen molar-refractivity contribution in [1.82, 2.24) is 4.31 Å². The number of anilines is 1. The molecule has 0 heterocycles. The van der Waals surface area contributed by atoms with Gasteiger partial charge in [-0.05, 0) is 51.1 Å². The van der Waals surface area contributed by atoms with Gasteiger partial charge in [0.05, 0.1) is 23.3 Å². The van der Waals surface area contributed by atoms with Crippen molar-refractivity contribution in [2.75, 3.05) is 25.0 Å². The van der Waals surface area contributed by atoms with E-state index >= 15 is 0 Å². The smallest absolute Gasteiger partial charge is 0.248 e. The van der Waals surface area contributed by atoms with Gasteiger partial charge < -0.3 is 14.8 Å². The van der Waals surface area contributed by atoms with Crippen LogP contribution in [0.5, 0.6) is 11.5 Å². The van der Waals surface area contributed by atoms with Gasteiger partial charge in [0.2, 0.25) is 15.9 Å². The van der Waals surface area contributed by atoms with Crippen LogP contribution in [0.3, 0.4) is 0 Å². The molecule has 0 aliphatic heterocycles. The Morgan fingerprint density at radius 1 is 1.06 bits per heavy atom. The number of rotatable bonds is 11. The number of hydrogen-bond acceptors (Lipinski definition) is 5. The zero-order chi connectivity index (χ0) is 23.7. The number of carbonyl (C=O) groups excluding carboxylic acids is 1. The number of ether oxygens (including phenoxy) is 2. The van der Waals surface area contributed by atoms with Crippen molar-refractivity contribution >= 4 is 27.7 Å². The molecule has 0 aliphatic rings. The lowest BCUT2D eigenvalue weighted by Gasteiger charge is -2.20. The Kier molecular flexibility index (Phi) is 9.28. The van der Waals surface area contributed by atoms with E-state index in [2.05, 4.69) is 5.32 Å². The number of hydrogen-bond donors (Lipinski definition) is 1. The minimum absolute atomic E-state index is 0.0956. The highest BCUT2D eigenvalue weighted by atomic mass is 32.2. The van der Waals surface area contributed by atoms with Crippen LogP contribution in [-0.2, 0) is 14.8 Å². The Labute approximate surface area is 191 Å². The van der Waals surface area contributed by atoms with Gasteiger partial charge in [-0.2, -0.15) is 4.31 Å². The van der Waals surface area contributed by atoms with E-state index in [1.165, 1.54) is 22.5 Å². The van der Waals surface area contributed by atoms with E-state index < -0.39 is 15.9 Å². The molecule has 2 aromatic rings. The molecule has 0 spiro atoms. The van der Waals surface area contributed by atoms with Crippen LogP contribution in [0.4, 0.5) is 5.69 Å². The van der Waals surface area contributed by atoms with Crippen molar-refractivity contribution in [2.45, 2.75) is 45.6 Å². The van der Waals surface area contributed by atoms with Gasteiger partial charge in [-0.15, -0.1) is 0 Å². The maximum Gasteiger partial charge on any atom is 0.248 e. The molecular weight excluding hydrogens is 428 g/mol.